The second-order valence-corrected chi connectivity index (χ2v) is 8.75. The molecule has 1 N–H and O–H groups in total. The van der Waals surface area contributed by atoms with E-state index < -0.39 is 6.10 Å². The SMILES string of the molecule is CC(O)Cn1c(SCC(=O)c2ccc3c(c2)OCCO3)nc2ccc(Br)cc2c1=O. The van der Waals surface area contributed by atoms with Crippen LogP contribution in [0.2, 0.25) is 0 Å². The molecule has 1 aliphatic heterocycles. The maximum atomic E-state index is 13.0. The number of aliphatic hydroxyl groups excluding tert-OH is 1. The largest absolute Gasteiger partial charge is 0.486 e. The Bertz CT molecular complexity index is 1180. The van der Waals surface area contributed by atoms with Crippen molar-refractivity contribution in [3.8, 4) is 11.5 Å². The van der Waals surface area contributed by atoms with Crippen LogP contribution < -0.4 is 15.0 Å². The quantitative estimate of drug-likeness (QED) is 0.322. The zero-order chi connectivity index (χ0) is 21.3. The number of aromatic nitrogens is 2. The van der Waals surface area contributed by atoms with Crippen molar-refractivity contribution in [2.75, 3.05) is 19.0 Å². The molecule has 4 rings (SSSR count). The third-order valence-corrected chi connectivity index (χ3v) is 5.99. The van der Waals surface area contributed by atoms with Gasteiger partial charge in [0.2, 0.25) is 0 Å². The third kappa shape index (κ3) is 4.38. The Labute approximate surface area is 185 Å². The molecule has 0 amide bonds. The first-order valence-corrected chi connectivity index (χ1v) is 11.1. The lowest BCUT2D eigenvalue weighted by Crippen LogP contribution is -2.28. The van der Waals surface area contributed by atoms with E-state index in [1.54, 1.807) is 37.3 Å². The highest BCUT2D eigenvalue weighted by atomic mass is 79.9. The van der Waals surface area contributed by atoms with Crippen molar-refractivity contribution in [3.05, 3.63) is 56.8 Å². The molecular weight excluding hydrogens is 472 g/mol. The highest BCUT2D eigenvalue weighted by Gasteiger charge is 2.18. The van der Waals surface area contributed by atoms with Gasteiger partial charge in [-0.15, -0.1) is 0 Å². The maximum absolute atomic E-state index is 13.0. The van der Waals surface area contributed by atoms with Crippen molar-refractivity contribution in [1.29, 1.82) is 0 Å². The second-order valence-electron chi connectivity index (χ2n) is 6.89. The zero-order valence-electron chi connectivity index (χ0n) is 16.1. The average Bonchev–Trinajstić information content (AvgIpc) is 2.74. The smallest absolute Gasteiger partial charge is 0.262 e. The van der Waals surface area contributed by atoms with Crippen LogP contribution in [0.25, 0.3) is 10.9 Å². The van der Waals surface area contributed by atoms with Crippen LogP contribution in [0, 0.1) is 0 Å². The monoisotopic (exact) mass is 490 g/mol. The van der Waals surface area contributed by atoms with E-state index in [4.69, 9.17) is 9.47 Å². The molecule has 0 radical (unpaired) electrons. The van der Waals surface area contributed by atoms with E-state index in [-0.39, 0.29) is 23.6 Å². The van der Waals surface area contributed by atoms with Gasteiger partial charge in [-0.2, -0.15) is 0 Å². The zero-order valence-corrected chi connectivity index (χ0v) is 18.5. The number of nitrogens with zero attached hydrogens (tertiary/aromatic N) is 2. The Balaban J connectivity index is 1.62. The molecular formula is C21H19BrN2O5S. The lowest BCUT2D eigenvalue weighted by Gasteiger charge is -2.18. The van der Waals surface area contributed by atoms with E-state index in [1.165, 1.54) is 16.3 Å². The Morgan fingerprint density at radius 1 is 1.23 bits per heavy atom. The van der Waals surface area contributed by atoms with Gasteiger partial charge in [-0.25, -0.2) is 4.98 Å². The van der Waals surface area contributed by atoms with Crippen LogP contribution in [0.1, 0.15) is 17.3 Å². The molecule has 156 valence electrons. The fourth-order valence-electron chi connectivity index (χ4n) is 3.14. The van der Waals surface area contributed by atoms with E-state index in [0.29, 0.717) is 46.3 Å². The van der Waals surface area contributed by atoms with Gasteiger partial charge < -0.3 is 14.6 Å². The second kappa shape index (κ2) is 8.79. The predicted molar refractivity (Wildman–Crippen MR) is 118 cm³/mol. The maximum Gasteiger partial charge on any atom is 0.262 e. The van der Waals surface area contributed by atoms with Gasteiger partial charge in [0.15, 0.2) is 22.4 Å². The summed E-state index contributed by atoms with van der Waals surface area (Å²) in [5.41, 5.74) is 0.789. The predicted octanol–water partition coefficient (Wildman–Crippen LogP) is 3.29. The summed E-state index contributed by atoms with van der Waals surface area (Å²) >= 11 is 4.54. The van der Waals surface area contributed by atoms with Gasteiger partial charge in [0, 0.05) is 10.0 Å². The lowest BCUT2D eigenvalue weighted by molar-refractivity contribution is 0.102. The first kappa shape index (κ1) is 20.9. The van der Waals surface area contributed by atoms with Gasteiger partial charge in [0.1, 0.15) is 13.2 Å². The number of carbonyl (C=O) groups excluding carboxylic acids is 1. The van der Waals surface area contributed by atoms with Gasteiger partial charge in [-0.3, -0.25) is 14.2 Å². The minimum absolute atomic E-state index is 0.0912. The number of carbonyl (C=O) groups is 1. The topological polar surface area (TPSA) is 90.7 Å². The minimum Gasteiger partial charge on any atom is -0.486 e. The molecule has 9 heteroatoms. The number of rotatable bonds is 6. The molecule has 3 aromatic rings. The number of fused-ring (bicyclic) bond motifs is 2. The van der Waals surface area contributed by atoms with Crippen molar-refractivity contribution in [2.45, 2.75) is 24.7 Å². The summed E-state index contributed by atoms with van der Waals surface area (Å²) in [6, 6.07) is 10.4. The van der Waals surface area contributed by atoms with E-state index in [1.807, 2.05) is 6.07 Å². The highest BCUT2D eigenvalue weighted by molar-refractivity contribution is 9.10. The van der Waals surface area contributed by atoms with Crippen molar-refractivity contribution in [2.24, 2.45) is 0 Å². The number of hydrogen-bond donors (Lipinski definition) is 1. The summed E-state index contributed by atoms with van der Waals surface area (Å²) in [4.78, 5) is 30.3. The van der Waals surface area contributed by atoms with Crippen LogP contribution >= 0.6 is 27.7 Å². The molecule has 0 aliphatic carbocycles. The first-order valence-electron chi connectivity index (χ1n) is 9.36. The van der Waals surface area contributed by atoms with E-state index in [2.05, 4.69) is 20.9 Å². The summed E-state index contributed by atoms with van der Waals surface area (Å²) in [5, 5.41) is 10.7. The number of thioether (sulfide) groups is 1. The molecule has 1 unspecified atom stereocenters. The van der Waals surface area contributed by atoms with Gasteiger partial charge in [0.05, 0.1) is 29.3 Å². The third-order valence-electron chi connectivity index (χ3n) is 4.52. The first-order chi connectivity index (χ1) is 14.4. The summed E-state index contributed by atoms with van der Waals surface area (Å²) in [6.45, 7) is 2.63. The Kier molecular flexibility index (Phi) is 6.12. The molecule has 1 aromatic heterocycles. The fraction of sp³-hybridized carbons (Fsp3) is 0.286. The van der Waals surface area contributed by atoms with Crippen LogP contribution in [-0.4, -0.2) is 45.5 Å². The van der Waals surface area contributed by atoms with Gasteiger partial charge in [-0.1, -0.05) is 27.7 Å². The number of aliphatic hydroxyl groups is 1. The number of ketones is 1. The summed E-state index contributed by atoms with van der Waals surface area (Å²) in [6.07, 6.45) is -0.734. The molecule has 0 fully saturated rings. The molecule has 30 heavy (non-hydrogen) atoms. The number of benzene rings is 2. The molecule has 0 bridgehead atoms. The molecule has 0 saturated heterocycles. The molecule has 0 spiro atoms. The summed E-state index contributed by atoms with van der Waals surface area (Å²) in [5.74, 6) is 1.15. The number of ether oxygens (including phenoxy) is 2. The molecule has 0 saturated carbocycles. The Morgan fingerprint density at radius 2 is 2.00 bits per heavy atom. The van der Waals surface area contributed by atoms with Gasteiger partial charge in [0.25, 0.3) is 5.56 Å². The van der Waals surface area contributed by atoms with Crippen molar-refractivity contribution in [1.82, 2.24) is 9.55 Å². The van der Waals surface area contributed by atoms with Gasteiger partial charge >= 0.3 is 0 Å². The number of hydrogen-bond acceptors (Lipinski definition) is 7. The molecule has 2 heterocycles. The van der Waals surface area contributed by atoms with E-state index in [0.717, 1.165) is 4.47 Å². The van der Waals surface area contributed by atoms with Crippen molar-refractivity contribution < 1.29 is 19.4 Å². The van der Waals surface area contributed by atoms with Gasteiger partial charge in [-0.05, 0) is 43.3 Å². The molecule has 1 atom stereocenters. The van der Waals surface area contributed by atoms with Crippen LogP contribution in [0.4, 0.5) is 0 Å². The van der Waals surface area contributed by atoms with Crippen LogP contribution in [0.15, 0.2) is 50.8 Å². The fourth-order valence-corrected chi connectivity index (χ4v) is 4.40. The minimum atomic E-state index is -0.734. The Hall–Kier alpha value is -2.36. The summed E-state index contributed by atoms with van der Waals surface area (Å²) < 4.78 is 13.2. The molecule has 2 aromatic carbocycles. The highest BCUT2D eigenvalue weighted by Crippen LogP contribution is 2.31. The summed E-state index contributed by atoms with van der Waals surface area (Å²) in [7, 11) is 0. The standard InChI is InChI=1S/C21H19BrN2O5S/c1-12(25)10-24-20(27)15-9-14(22)3-4-16(15)23-21(24)30-11-17(26)13-2-5-18-19(8-13)29-7-6-28-18/h2-5,8-9,12,25H,6-7,10-11H2,1H3. The van der Waals surface area contributed by atoms with Crippen LogP contribution in [0.5, 0.6) is 11.5 Å². The lowest BCUT2D eigenvalue weighted by atomic mass is 10.1. The molecule has 7 nitrogen and oxygen atoms in total. The van der Waals surface area contributed by atoms with Crippen molar-refractivity contribution in [3.63, 3.8) is 0 Å². The number of Topliss-reactive ketones (excluding diaryl/α,β-unsaturated/α-hetero) is 1. The normalized spacial score (nSPS) is 14.0. The van der Waals surface area contributed by atoms with E-state index in [9.17, 15) is 14.7 Å². The molecule has 1 aliphatic rings. The average molecular weight is 491 g/mol. The van der Waals surface area contributed by atoms with Crippen LogP contribution in [-0.2, 0) is 6.54 Å². The van der Waals surface area contributed by atoms with Crippen LogP contribution in [0.3, 0.4) is 0 Å². The Morgan fingerprint density at radius 3 is 2.77 bits per heavy atom. The number of halogens is 1. The van der Waals surface area contributed by atoms with E-state index >= 15 is 0 Å². The van der Waals surface area contributed by atoms with Crippen molar-refractivity contribution >= 4 is 44.4 Å².